The second-order valence-electron chi connectivity index (χ2n) is 6.47. The summed E-state index contributed by atoms with van der Waals surface area (Å²) in [6.45, 7) is 1.49. The van der Waals surface area contributed by atoms with E-state index in [0.717, 1.165) is 37.8 Å². The van der Waals surface area contributed by atoms with E-state index in [1.165, 1.54) is 17.8 Å². The smallest absolute Gasteiger partial charge is 0.255 e. The Morgan fingerprint density at radius 3 is 2.73 bits per heavy atom. The van der Waals surface area contributed by atoms with Crippen molar-refractivity contribution in [3.63, 3.8) is 0 Å². The van der Waals surface area contributed by atoms with E-state index in [2.05, 4.69) is 20.4 Å². The zero-order valence-electron chi connectivity index (χ0n) is 14.1. The van der Waals surface area contributed by atoms with E-state index >= 15 is 0 Å². The van der Waals surface area contributed by atoms with E-state index in [1.54, 1.807) is 0 Å². The number of fused-ring (bicyclic) bond motifs is 1. The number of anilines is 1. The van der Waals surface area contributed by atoms with Crippen molar-refractivity contribution in [3.8, 4) is 17.2 Å². The molecule has 1 saturated carbocycles. The van der Waals surface area contributed by atoms with E-state index in [0.29, 0.717) is 5.82 Å². The molecule has 3 aromatic rings. The number of benzene rings is 1. The minimum atomic E-state index is -0.615. The summed E-state index contributed by atoms with van der Waals surface area (Å²) < 4.78 is 30.3. The third-order valence-corrected chi connectivity index (χ3v) is 4.75. The summed E-state index contributed by atoms with van der Waals surface area (Å²) in [6, 6.07) is 4.38. The van der Waals surface area contributed by atoms with Gasteiger partial charge in [0.25, 0.3) is 5.78 Å². The molecule has 0 spiro atoms. The van der Waals surface area contributed by atoms with Gasteiger partial charge in [0.1, 0.15) is 29.8 Å². The van der Waals surface area contributed by atoms with E-state index in [9.17, 15) is 14.0 Å². The number of halogens is 2. The first-order valence-corrected chi connectivity index (χ1v) is 8.45. The highest BCUT2D eigenvalue weighted by atomic mass is 19.1. The maximum Gasteiger partial charge on any atom is 0.255 e. The van der Waals surface area contributed by atoms with Crippen molar-refractivity contribution in [2.45, 2.75) is 38.6 Å². The van der Waals surface area contributed by atoms with Crippen LogP contribution in [0.1, 0.15) is 36.9 Å². The van der Waals surface area contributed by atoms with Crippen LogP contribution >= 0.6 is 0 Å². The number of rotatable bonds is 3. The molecule has 1 aliphatic carbocycles. The number of hydrogen-bond acceptors (Lipinski definition) is 5. The summed E-state index contributed by atoms with van der Waals surface area (Å²) in [4.78, 5) is 8.19. The summed E-state index contributed by atoms with van der Waals surface area (Å²) in [5.41, 5.74) is 0.363. The Morgan fingerprint density at radius 2 is 2.00 bits per heavy atom. The molecule has 26 heavy (non-hydrogen) atoms. The number of nitrogens with one attached hydrogen (secondary N) is 1. The molecule has 1 N–H and O–H groups in total. The van der Waals surface area contributed by atoms with Crippen molar-refractivity contribution in [3.05, 3.63) is 41.4 Å². The molecule has 0 atom stereocenters. The molecule has 1 aromatic carbocycles. The molecule has 0 unspecified atom stereocenters. The zero-order valence-corrected chi connectivity index (χ0v) is 14.1. The van der Waals surface area contributed by atoms with Crippen LogP contribution in [0.25, 0.3) is 16.9 Å². The van der Waals surface area contributed by atoms with Crippen LogP contribution in [0.3, 0.4) is 0 Å². The van der Waals surface area contributed by atoms with Gasteiger partial charge in [-0.05, 0) is 37.5 Å². The Balaban J connectivity index is 2.00. The monoisotopic (exact) mass is 354 g/mol. The topological polar surface area (TPSA) is 78.9 Å². The normalized spacial score (nSPS) is 14.7. The standard InChI is InChI=1S/C18H16F2N6/c1-10-6-14(20)12(7-13(10)19)16-15(8-21)25-18-22-9-23-26(18)17(16)24-11-4-2-3-5-11/h6-7,9,11,24H,2-5H2,1H3. The fourth-order valence-corrected chi connectivity index (χ4v) is 3.41. The Kier molecular flexibility index (Phi) is 3.99. The fourth-order valence-electron chi connectivity index (χ4n) is 3.41. The molecule has 2 heterocycles. The highest BCUT2D eigenvalue weighted by molar-refractivity contribution is 5.81. The first-order valence-electron chi connectivity index (χ1n) is 8.45. The van der Waals surface area contributed by atoms with Crippen LogP contribution in [0.15, 0.2) is 18.5 Å². The van der Waals surface area contributed by atoms with E-state index < -0.39 is 11.6 Å². The molecule has 0 radical (unpaired) electrons. The molecule has 6 nitrogen and oxygen atoms in total. The van der Waals surface area contributed by atoms with Gasteiger partial charge in [-0.2, -0.15) is 24.8 Å². The van der Waals surface area contributed by atoms with Crippen molar-refractivity contribution < 1.29 is 8.78 Å². The summed E-state index contributed by atoms with van der Waals surface area (Å²) >= 11 is 0. The van der Waals surface area contributed by atoms with Crippen molar-refractivity contribution >= 4 is 11.6 Å². The highest BCUT2D eigenvalue weighted by Crippen LogP contribution is 2.35. The van der Waals surface area contributed by atoms with Gasteiger partial charge < -0.3 is 5.32 Å². The summed E-state index contributed by atoms with van der Waals surface area (Å²) in [6.07, 6.45) is 5.43. The molecule has 0 aliphatic heterocycles. The Labute approximate surface area is 148 Å². The summed E-state index contributed by atoms with van der Waals surface area (Å²) in [5, 5.41) is 17.1. The summed E-state index contributed by atoms with van der Waals surface area (Å²) in [7, 11) is 0. The van der Waals surface area contributed by atoms with Crippen LogP contribution < -0.4 is 5.32 Å². The van der Waals surface area contributed by atoms with Gasteiger partial charge in [-0.3, -0.25) is 0 Å². The molecule has 0 bridgehead atoms. The number of aryl methyl sites for hydroxylation is 1. The average Bonchev–Trinajstić information content (AvgIpc) is 3.29. The average molecular weight is 354 g/mol. The Hall–Kier alpha value is -3.08. The maximum absolute atomic E-state index is 14.7. The van der Waals surface area contributed by atoms with Crippen LogP contribution in [0, 0.1) is 29.9 Å². The molecular formula is C18H16F2N6. The Morgan fingerprint density at radius 1 is 1.23 bits per heavy atom. The van der Waals surface area contributed by atoms with Crippen molar-refractivity contribution in [2.75, 3.05) is 5.32 Å². The zero-order chi connectivity index (χ0) is 18.3. The molecular weight excluding hydrogens is 338 g/mol. The first-order chi connectivity index (χ1) is 12.6. The van der Waals surface area contributed by atoms with E-state index in [1.807, 2.05) is 6.07 Å². The quantitative estimate of drug-likeness (QED) is 0.777. The fraction of sp³-hybridized carbons (Fsp3) is 0.333. The lowest BCUT2D eigenvalue weighted by atomic mass is 10.0. The lowest BCUT2D eigenvalue weighted by Gasteiger charge is -2.19. The molecule has 2 aromatic heterocycles. The second-order valence-corrected chi connectivity index (χ2v) is 6.47. The largest absolute Gasteiger partial charge is 0.367 e. The lowest BCUT2D eigenvalue weighted by molar-refractivity contribution is 0.595. The first kappa shape index (κ1) is 16.4. The van der Waals surface area contributed by atoms with E-state index in [4.69, 9.17) is 0 Å². The third kappa shape index (κ3) is 2.65. The molecule has 1 aliphatic rings. The van der Waals surface area contributed by atoms with Crippen molar-refractivity contribution in [1.29, 1.82) is 5.26 Å². The van der Waals surface area contributed by atoms with Gasteiger partial charge in [0, 0.05) is 11.6 Å². The maximum atomic E-state index is 14.7. The van der Waals surface area contributed by atoms with Gasteiger partial charge in [0.05, 0.1) is 5.56 Å². The van der Waals surface area contributed by atoms with Crippen LogP contribution in [0.4, 0.5) is 14.6 Å². The SMILES string of the molecule is Cc1cc(F)c(-c2c(C#N)nc3ncnn3c2NC2CCCC2)cc1F. The van der Waals surface area contributed by atoms with Gasteiger partial charge >= 0.3 is 0 Å². The van der Waals surface area contributed by atoms with E-state index in [-0.39, 0.29) is 34.2 Å². The predicted molar refractivity (Wildman–Crippen MR) is 91.5 cm³/mol. The summed E-state index contributed by atoms with van der Waals surface area (Å²) in [5.74, 6) is -0.510. The highest BCUT2D eigenvalue weighted by Gasteiger charge is 2.25. The molecule has 1 fully saturated rings. The third-order valence-electron chi connectivity index (χ3n) is 4.75. The number of aromatic nitrogens is 4. The Bertz CT molecular complexity index is 1030. The number of nitrogens with zero attached hydrogens (tertiary/aromatic N) is 5. The molecule has 4 rings (SSSR count). The second kappa shape index (κ2) is 6.33. The van der Waals surface area contributed by atoms with Gasteiger partial charge in [-0.25, -0.2) is 8.78 Å². The predicted octanol–water partition coefficient (Wildman–Crippen LogP) is 3.60. The molecule has 0 saturated heterocycles. The van der Waals surface area contributed by atoms with Crippen LogP contribution in [0.2, 0.25) is 0 Å². The minimum absolute atomic E-state index is 0.0185. The molecule has 8 heteroatoms. The number of hydrogen-bond donors (Lipinski definition) is 1. The van der Waals surface area contributed by atoms with Gasteiger partial charge in [0.2, 0.25) is 0 Å². The molecule has 0 amide bonds. The minimum Gasteiger partial charge on any atom is -0.367 e. The number of nitriles is 1. The molecule has 132 valence electrons. The van der Waals surface area contributed by atoms with Crippen LogP contribution in [-0.4, -0.2) is 25.6 Å². The lowest BCUT2D eigenvalue weighted by Crippen LogP contribution is -2.19. The van der Waals surface area contributed by atoms with Crippen LogP contribution in [0.5, 0.6) is 0 Å². The van der Waals surface area contributed by atoms with Crippen LogP contribution in [-0.2, 0) is 0 Å². The van der Waals surface area contributed by atoms with Crippen molar-refractivity contribution in [1.82, 2.24) is 19.6 Å². The van der Waals surface area contributed by atoms with Gasteiger partial charge in [-0.1, -0.05) is 12.8 Å². The van der Waals surface area contributed by atoms with Crippen molar-refractivity contribution in [2.24, 2.45) is 0 Å². The van der Waals surface area contributed by atoms with Gasteiger partial charge in [-0.15, -0.1) is 0 Å². The van der Waals surface area contributed by atoms with Gasteiger partial charge in [0.15, 0.2) is 5.69 Å².